The van der Waals surface area contributed by atoms with E-state index < -0.39 is 5.97 Å². The second-order valence-corrected chi connectivity index (χ2v) is 6.97. The van der Waals surface area contributed by atoms with E-state index in [1.807, 2.05) is 0 Å². The lowest BCUT2D eigenvalue weighted by molar-refractivity contribution is -0.127. The Kier molecular flexibility index (Phi) is 7.12. The van der Waals surface area contributed by atoms with Crippen LogP contribution in [-0.4, -0.2) is 56.7 Å². The maximum atomic E-state index is 13.5. The fourth-order valence-electron chi connectivity index (χ4n) is 3.40. The molecule has 0 atom stereocenters. The summed E-state index contributed by atoms with van der Waals surface area (Å²) in [5.41, 5.74) is 1.28. The monoisotopic (exact) mass is 426 g/mol. The summed E-state index contributed by atoms with van der Waals surface area (Å²) in [6, 6.07) is 11.5. The predicted octanol–water partition coefficient (Wildman–Crippen LogP) is 3.11. The summed E-state index contributed by atoms with van der Waals surface area (Å²) in [5.74, 6) is 0.169. The number of amides is 2. The fourth-order valence-corrected chi connectivity index (χ4v) is 3.40. The molecule has 3 rings (SSSR count). The molecule has 1 fully saturated rings. The molecule has 0 bridgehead atoms. The van der Waals surface area contributed by atoms with Crippen molar-refractivity contribution in [1.82, 2.24) is 4.90 Å². The van der Waals surface area contributed by atoms with E-state index in [-0.39, 0.29) is 25.1 Å². The number of benzene rings is 2. The topological polar surface area (TPSA) is 85.4 Å². The van der Waals surface area contributed by atoms with E-state index in [9.17, 15) is 14.4 Å². The molecule has 0 aliphatic carbocycles. The van der Waals surface area contributed by atoms with E-state index in [2.05, 4.69) is 0 Å². The highest BCUT2D eigenvalue weighted by Crippen LogP contribution is 2.28. The molecule has 164 valence electrons. The number of anilines is 1. The maximum absolute atomic E-state index is 13.5. The predicted molar refractivity (Wildman–Crippen MR) is 115 cm³/mol. The number of hydrogen-bond donors (Lipinski definition) is 0. The molecule has 1 aliphatic rings. The average molecular weight is 426 g/mol. The molecular weight excluding hydrogens is 400 g/mol. The first kappa shape index (κ1) is 22.1. The van der Waals surface area contributed by atoms with E-state index in [4.69, 9.17) is 14.2 Å². The first-order valence-electron chi connectivity index (χ1n) is 10.1. The normalized spacial score (nSPS) is 13.1. The van der Waals surface area contributed by atoms with Crippen LogP contribution in [0.2, 0.25) is 0 Å². The van der Waals surface area contributed by atoms with Gasteiger partial charge in [0.1, 0.15) is 18.2 Å². The van der Waals surface area contributed by atoms with Crippen molar-refractivity contribution in [2.45, 2.75) is 19.8 Å². The summed E-state index contributed by atoms with van der Waals surface area (Å²) < 4.78 is 15.6. The lowest BCUT2D eigenvalue weighted by atomic mass is 10.1. The van der Waals surface area contributed by atoms with E-state index in [1.54, 1.807) is 54.3 Å². The van der Waals surface area contributed by atoms with Crippen LogP contribution in [0.15, 0.2) is 42.5 Å². The molecule has 2 aromatic carbocycles. The summed E-state index contributed by atoms with van der Waals surface area (Å²) in [6.07, 6.45) is 1.23. The smallest absolute Gasteiger partial charge is 0.338 e. The van der Waals surface area contributed by atoms with Crippen molar-refractivity contribution in [3.8, 4) is 11.5 Å². The van der Waals surface area contributed by atoms with Crippen molar-refractivity contribution in [2.24, 2.45) is 0 Å². The molecule has 8 nitrogen and oxygen atoms in total. The van der Waals surface area contributed by atoms with Crippen molar-refractivity contribution < 1.29 is 28.6 Å². The van der Waals surface area contributed by atoms with Gasteiger partial charge in [0.15, 0.2) is 0 Å². The Morgan fingerprint density at radius 2 is 1.81 bits per heavy atom. The summed E-state index contributed by atoms with van der Waals surface area (Å²) in [5, 5.41) is 0. The van der Waals surface area contributed by atoms with Crippen LogP contribution < -0.4 is 14.4 Å². The number of rotatable bonds is 8. The second kappa shape index (κ2) is 9.97. The first-order valence-corrected chi connectivity index (χ1v) is 10.1. The van der Waals surface area contributed by atoms with E-state index in [0.717, 1.165) is 6.42 Å². The number of ether oxygens (including phenoxy) is 3. The Bertz CT molecular complexity index is 957. The van der Waals surface area contributed by atoms with Crippen LogP contribution in [0, 0.1) is 0 Å². The highest BCUT2D eigenvalue weighted by Gasteiger charge is 2.28. The molecule has 1 saturated heterocycles. The second-order valence-electron chi connectivity index (χ2n) is 6.97. The summed E-state index contributed by atoms with van der Waals surface area (Å²) in [4.78, 5) is 40.8. The van der Waals surface area contributed by atoms with Gasteiger partial charge in [-0.1, -0.05) is 0 Å². The lowest BCUT2D eigenvalue weighted by Gasteiger charge is -2.28. The third-order valence-electron chi connectivity index (χ3n) is 5.06. The van der Waals surface area contributed by atoms with Crippen molar-refractivity contribution >= 4 is 23.5 Å². The van der Waals surface area contributed by atoms with Crippen molar-refractivity contribution in [3.05, 3.63) is 53.6 Å². The third kappa shape index (κ3) is 4.96. The highest BCUT2D eigenvalue weighted by molar-refractivity contribution is 6.08. The van der Waals surface area contributed by atoms with Crippen molar-refractivity contribution in [1.29, 1.82) is 0 Å². The zero-order valence-electron chi connectivity index (χ0n) is 17.9. The minimum absolute atomic E-state index is 0.00244. The van der Waals surface area contributed by atoms with Gasteiger partial charge in [0.2, 0.25) is 5.91 Å². The summed E-state index contributed by atoms with van der Waals surface area (Å²) in [7, 11) is 3.01. The lowest BCUT2D eigenvalue weighted by Crippen LogP contribution is -2.42. The molecule has 0 N–H and O–H groups in total. The maximum Gasteiger partial charge on any atom is 0.338 e. The summed E-state index contributed by atoms with van der Waals surface area (Å²) >= 11 is 0. The molecule has 0 spiro atoms. The number of hydrogen-bond acceptors (Lipinski definition) is 6. The van der Waals surface area contributed by atoms with Gasteiger partial charge in [0.25, 0.3) is 5.91 Å². The Balaban J connectivity index is 1.95. The number of carbonyl (C=O) groups is 3. The zero-order valence-corrected chi connectivity index (χ0v) is 17.9. The third-order valence-corrected chi connectivity index (χ3v) is 5.06. The summed E-state index contributed by atoms with van der Waals surface area (Å²) in [6.45, 7) is 2.70. The van der Waals surface area contributed by atoms with Crippen molar-refractivity contribution in [3.63, 3.8) is 0 Å². The van der Waals surface area contributed by atoms with Crippen LogP contribution in [0.4, 0.5) is 5.69 Å². The van der Waals surface area contributed by atoms with E-state index >= 15 is 0 Å². The largest absolute Gasteiger partial charge is 0.497 e. The van der Waals surface area contributed by atoms with E-state index in [1.165, 1.54) is 19.1 Å². The molecular formula is C23H26N2O6. The van der Waals surface area contributed by atoms with Crippen LogP contribution in [0.25, 0.3) is 0 Å². The first-order chi connectivity index (χ1) is 15.0. The molecule has 1 heterocycles. The average Bonchev–Trinajstić information content (AvgIpc) is 3.21. The van der Waals surface area contributed by atoms with Gasteiger partial charge >= 0.3 is 5.97 Å². The molecule has 2 aromatic rings. The minimum atomic E-state index is -0.432. The van der Waals surface area contributed by atoms with Gasteiger partial charge in [0.05, 0.1) is 32.0 Å². The number of carbonyl (C=O) groups excluding carboxylic acids is 3. The molecule has 31 heavy (non-hydrogen) atoms. The molecule has 1 aliphatic heterocycles. The fraction of sp³-hybridized carbons (Fsp3) is 0.348. The standard InChI is InChI=1S/C23H26N2O6/c1-4-31-23(28)16-7-9-17(10-8-16)25(15-24-13-5-6-21(24)26)22(27)19-12-11-18(29-2)14-20(19)30-3/h7-12,14H,4-6,13,15H2,1-3H3. The Hall–Kier alpha value is -3.55. The number of esters is 1. The van der Waals surface area contributed by atoms with Crippen molar-refractivity contribution in [2.75, 3.05) is 38.9 Å². The Morgan fingerprint density at radius 3 is 2.39 bits per heavy atom. The van der Waals surface area contributed by atoms with Crippen LogP contribution in [0.3, 0.4) is 0 Å². The highest BCUT2D eigenvalue weighted by atomic mass is 16.5. The van der Waals surface area contributed by atoms with Crippen LogP contribution in [-0.2, 0) is 9.53 Å². The Labute approximate surface area is 181 Å². The molecule has 0 unspecified atom stereocenters. The van der Waals surface area contributed by atoms with Gasteiger partial charge in [0, 0.05) is 24.7 Å². The number of nitrogens with zero attached hydrogens (tertiary/aromatic N) is 2. The SMILES string of the molecule is CCOC(=O)c1ccc(N(CN2CCCC2=O)C(=O)c2ccc(OC)cc2OC)cc1. The minimum Gasteiger partial charge on any atom is -0.497 e. The van der Waals surface area contributed by atoms with Gasteiger partial charge in [-0.2, -0.15) is 0 Å². The molecule has 0 radical (unpaired) electrons. The van der Waals surface area contributed by atoms with Crippen LogP contribution >= 0.6 is 0 Å². The van der Waals surface area contributed by atoms with Gasteiger partial charge in [-0.3, -0.25) is 14.5 Å². The molecule has 0 aromatic heterocycles. The quantitative estimate of drug-likeness (QED) is 0.603. The number of methoxy groups -OCH3 is 2. The van der Waals surface area contributed by atoms with Gasteiger partial charge < -0.3 is 19.1 Å². The number of likely N-dealkylation sites (tertiary alicyclic amines) is 1. The van der Waals surface area contributed by atoms with Gasteiger partial charge in [-0.05, 0) is 49.7 Å². The Morgan fingerprint density at radius 1 is 1.06 bits per heavy atom. The van der Waals surface area contributed by atoms with Gasteiger partial charge in [-0.15, -0.1) is 0 Å². The van der Waals surface area contributed by atoms with E-state index in [0.29, 0.717) is 41.3 Å². The molecule has 0 saturated carbocycles. The zero-order chi connectivity index (χ0) is 22.4. The van der Waals surface area contributed by atoms with Gasteiger partial charge in [-0.25, -0.2) is 4.79 Å². The molecule has 2 amide bonds. The molecule has 8 heteroatoms. The van der Waals surface area contributed by atoms with Crippen LogP contribution in [0.5, 0.6) is 11.5 Å². The van der Waals surface area contributed by atoms with Crippen LogP contribution in [0.1, 0.15) is 40.5 Å².